The van der Waals surface area contributed by atoms with Gasteiger partial charge in [0, 0.05) is 24.5 Å². The van der Waals surface area contributed by atoms with Crippen molar-refractivity contribution in [2.45, 2.75) is 0 Å². The summed E-state index contributed by atoms with van der Waals surface area (Å²) in [5.74, 6) is 0.134. The molecule has 0 fully saturated rings. The molecule has 0 atom stereocenters. The topological polar surface area (TPSA) is 68.7 Å². The van der Waals surface area contributed by atoms with Crippen LogP contribution in [0.15, 0.2) is 42.7 Å². The Labute approximate surface area is 122 Å². The number of pyridine rings is 1. The van der Waals surface area contributed by atoms with Crippen LogP contribution in [0.5, 0.6) is 17.2 Å². The number of carbonyl (C=O) groups is 1. The summed E-state index contributed by atoms with van der Waals surface area (Å²) >= 11 is 0. The van der Waals surface area contributed by atoms with E-state index in [9.17, 15) is 9.90 Å². The van der Waals surface area contributed by atoms with E-state index in [1.807, 2.05) is 0 Å². The van der Waals surface area contributed by atoms with Crippen LogP contribution in [0.3, 0.4) is 0 Å². The van der Waals surface area contributed by atoms with Crippen LogP contribution in [0.25, 0.3) is 6.08 Å². The minimum atomic E-state index is -0.358. The van der Waals surface area contributed by atoms with Gasteiger partial charge in [0.2, 0.25) is 0 Å². The van der Waals surface area contributed by atoms with Crippen LogP contribution >= 0.6 is 0 Å². The molecular formula is C16H15NO4. The third kappa shape index (κ3) is 3.39. The van der Waals surface area contributed by atoms with Gasteiger partial charge in [0.1, 0.15) is 22.8 Å². The zero-order chi connectivity index (χ0) is 15.2. The molecule has 0 amide bonds. The van der Waals surface area contributed by atoms with E-state index in [-0.39, 0.29) is 22.8 Å². The summed E-state index contributed by atoms with van der Waals surface area (Å²) in [5, 5.41) is 9.98. The number of hydrogen-bond acceptors (Lipinski definition) is 5. The lowest BCUT2D eigenvalue weighted by Gasteiger charge is -2.10. The molecule has 5 nitrogen and oxygen atoms in total. The van der Waals surface area contributed by atoms with E-state index in [0.29, 0.717) is 5.75 Å². The van der Waals surface area contributed by atoms with Crippen molar-refractivity contribution >= 4 is 11.9 Å². The molecule has 0 spiro atoms. The van der Waals surface area contributed by atoms with E-state index in [1.165, 1.54) is 26.4 Å². The Morgan fingerprint density at radius 1 is 1.19 bits per heavy atom. The molecule has 2 rings (SSSR count). The second kappa shape index (κ2) is 6.56. The molecule has 0 radical (unpaired) electrons. The molecule has 108 valence electrons. The quantitative estimate of drug-likeness (QED) is 0.675. The van der Waals surface area contributed by atoms with Crippen LogP contribution in [-0.2, 0) is 0 Å². The molecule has 1 N–H and O–H groups in total. The SMILES string of the molecule is COc1cc(O)c(C(=O)/C=C/c2ccncc2)c(OC)c1. The second-order valence-corrected chi connectivity index (χ2v) is 4.20. The van der Waals surface area contributed by atoms with Crippen molar-refractivity contribution in [3.8, 4) is 17.2 Å². The number of allylic oxidation sites excluding steroid dienone is 1. The van der Waals surface area contributed by atoms with Crippen LogP contribution in [0.4, 0.5) is 0 Å². The van der Waals surface area contributed by atoms with Crippen molar-refractivity contribution in [1.29, 1.82) is 0 Å². The average molecular weight is 285 g/mol. The highest BCUT2D eigenvalue weighted by Gasteiger charge is 2.17. The standard InChI is InChI=1S/C16H15NO4/c1-20-12-9-14(19)16(15(10-12)21-2)13(18)4-3-11-5-7-17-8-6-11/h3-10,19H,1-2H3/b4-3+. The van der Waals surface area contributed by atoms with E-state index in [4.69, 9.17) is 9.47 Å². The summed E-state index contributed by atoms with van der Waals surface area (Å²) < 4.78 is 10.2. The second-order valence-electron chi connectivity index (χ2n) is 4.20. The van der Waals surface area contributed by atoms with Crippen molar-refractivity contribution in [3.05, 3.63) is 53.9 Å². The van der Waals surface area contributed by atoms with Crippen LogP contribution in [0.1, 0.15) is 15.9 Å². The Bertz CT molecular complexity index is 665. The number of ether oxygens (including phenoxy) is 2. The van der Waals surface area contributed by atoms with Gasteiger partial charge in [-0.3, -0.25) is 9.78 Å². The Balaban J connectivity index is 2.33. The molecule has 1 heterocycles. The molecule has 0 aliphatic carbocycles. The van der Waals surface area contributed by atoms with Crippen molar-refractivity contribution in [2.24, 2.45) is 0 Å². The van der Waals surface area contributed by atoms with Gasteiger partial charge in [0.15, 0.2) is 5.78 Å². The first-order valence-electron chi connectivity index (χ1n) is 6.23. The van der Waals surface area contributed by atoms with Gasteiger partial charge in [-0.05, 0) is 23.8 Å². The molecule has 1 aromatic heterocycles. The van der Waals surface area contributed by atoms with Gasteiger partial charge in [-0.2, -0.15) is 0 Å². The molecule has 0 unspecified atom stereocenters. The molecule has 21 heavy (non-hydrogen) atoms. The maximum absolute atomic E-state index is 12.2. The molecule has 0 saturated heterocycles. The Morgan fingerprint density at radius 3 is 2.52 bits per heavy atom. The lowest BCUT2D eigenvalue weighted by atomic mass is 10.1. The number of phenols is 1. The van der Waals surface area contributed by atoms with Gasteiger partial charge in [0.05, 0.1) is 14.2 Å². The first-order chi connectivity index (χ1) is 10.2. The maximum Gasteiger partial charge on any atom is 0.193 e. The summed E-state index contributed by atoms with van der Waals surface area (Å²) in [6.45, 7) is 0. The van der Waals surface area contributed by atoms with Crippen LogP contribution in [0.2, 0.25) is 0 Å². The number of carbonyl (C=O) groups excluding carboxylic acids is 1. The number of hydrogen-bond donors (Lipinski definition) is 1. The summed E-state index contributed by atoms with van der Waals surface area (Å²) in [4.78, 5) is 16.1. The smallest absolute Gasteiger partial charge is 0.193 e. The number of benzene rings is 1. The monoisotopic (exact) mass is 285 g/mol. The Kier molecular flexibility index (Phi) is 4.56. The lowest BCUT2D eigenvalue weighted by molar-refractivity contribution is 0.104. The highest BCUT2D eigenvalue weighted by Crippen LogP contribution is 2.33. The minimum Gasteiger partial charge on any atom is -0.507 e. The summed E-state index contributed by atoms with van der Waals surface area (Å²) in [6.07, 6.45) is 6.29. The number of ketones is 1. The van der Waals surface area contributed by atoms with E-state index in [1.54, 1.807) is 36.7 Å². The molecular weight excluding hydrogens is 270 g/mol. The van der Waals surface area contributed by atoms with E-state index < -0.39 is 0 Å². The third-order valence-corrected chi connectivity index (χ3v) is 2.89. The lowest BCUT2D eigenvalue weighted by Crippen LogP contribution is -2.00. The maximum atomic E-state index is 12.2. The van der Waals surface area contributed by atoms with Gasteiger partial charge in [-0.15, -0.1) is 0 Å². The normalized spacial score (nSPS) is 10.6. The summed E-state index contributed by atoms with van der Waals surface area (Å²) in [7, 11) is 2.90. The van der Waals surface area contributed by atoms with Crippen molar-refractivity contribution in [2.75, 3.05) is 14.2 Å². The fourth-order valence-corrected chi connectivity index (χ4v) is 1.83. The van der Waals surface area contributed by atoms with Gasteiger partial charge in [-0.1, -0.05) is 6.08 Å². The van der Waals surface area contributed by atoms with E-state index in [0.717, 1.165) is 5.56 Å². The van der Waals surface area contributed by atoms with Gasteiger partial charge >= 0.3 is 0 Å². The van der Waals surface area contributed by atoms with Crippen LogP contribution < -0.4 is 9.47 Å². The van der Waals surface area contributed by atoms with Crippen LogP contribution in [-0.4, -0.2) is 30.1 Å². The van der Waals surface area contributed by atoms with Crippen molar-refractivity contribution < 1.29 is 19.4 Å². The summed E-state index contributed by atoms with van der Waals surface area (Å²) in [5.41, 5.74) is 0.939. The first kappa shape index (κ1) is 14.6. The Morgan fingerprint density at radius 2 is 1.90 bits per heavy atom. The zero-order valence-electron chi connectivity index (χ0n) is 11.7. The molecule has 5 heteroatoms. The fraction of sp³-hybridized carbons (Fsp3) is 0.125. The Hall–Kier alpha value is -2.82. The van der Waals surface area contributed by atoms with Crippen molar-refractivity contribution in [3.63, 3.8) is 0 Å². The fourth-order valence-electron chi connectivity index (χ4n) is 1.83. The molecule has 0 aliphatic heterocycles. The largest absolute Gasteiger partial charge is 0.507 e. The highest BCUT2D eigenvalue weighted by molar-refractivity contribution is 6.10. The number of methoxy groups -OCH3 is 2. The number of phenolic OH excluding ortho intramolecular Hbond substituents is 1. The minimum absolute atomic E-state index is 0.101. The van der Waals surface area contributed by atoms with E-state index >= 15 is 0 Å². The molecule has 2 aromatic rings. The summed E-state index contributed by atoms with van der Waals surface area (Å²) in [6, 6.07) is 6.47. The zero-order valence-corrected chi connectivity index (χ0v) is 11.7. The molecule has 1 aromatic carbocycles. The predicted octanol–water partition coefficient (Wildman–Crippen LogP) is 2.70. The molecule has 0 saturated carbocycles. The predicted molar refractivity (Wildman–Crippen MR) is 78.8 cm³/mol. The first-order valence-corrected chi connectivity index (χ1v) is 6.23. The third-order valence-electron chi connectivity index (χ3n) is 2.89. The number of rotatable bonds is 5. The van der Waals surface area contributed by atoms with Crippen LogP contribution in [0, 0.1) is 0 Å². The van der Waals surface area contributed by atoms with Gasteiger partial charge < -0.3 is 14.6 Å². The van der Waals surface area contributed by atoms with Gasteiger partial charge in [-0.25, -0.2) is 0 Å². The molecule has 0 aliphatic rings. The van der Waals surface area contributed by atoms with Gasteiger partial charge in [0.25, 0.3) is 0 Å². The highest BCUT2D eigenvalue weighted by atomic mass is 16.5. The number of aromatic nitrogens is 1. The average Bonchev–Trinajstić information content (AvgIpc) is 2.52. The van der Waals surface area contributed by atoms with Crippen molar-refractivity contribution in [1.82, 2.24) is 4.98 Å². The number of aromatic hydroxyl groups is 1. The van der Waals surface area contributed by atoms with E-state index in [2.05, 4.69) is 4.98 Å². The number of nitrogens with zero attached hydrogens (tertiary/aromatic N) is 1. The molecule has 0 bridgehead atoms.